The minimum atomic E-state index is -0.388. The molecule has 0 radical (unpaired) electrons. The van der Waals surface area contributed by atoms with E-state index in [1.54, 1.807) is 25.3 Å². The summed E-state index contributed by atoms with van der Waals surface area (Å²) in [6.45, 7) is 4.15. The maximum Gasteiger partial charge on any atom is 0.255 e. The van der Waals surface area contributed by atoms with Gasteiger partial charge in [0.1, 0.15) is 23.5 Å². The summed E-state index contributed by atoms with van der Waals surface area (Å²) in [7, 11) is 0. The smallest absolute Gasteiger partial charge is 0.255 e. The normalized spacial score (nSPS) is 11.4. The van der Waals surface area contributed by atoms with E-state index < -0.39 is 0 Å². The summed E-state index contributed by atoms with van der Waals surface area (Å²) >= 11 is 0. The molecule has 180 valence electrons. The van der Waals surface area contributed by atoms with Gasteiger partial charge in [0.2, 0.25) is 0 Å². The maximum absolute atomic E-state index is 13.2. The molecular weight excluding hydrogens is 455 g/mol. The number of anilines is 2. The van der Waals surface area contributed by atoms with Crippen LogP contribution in [-0.2, 0) is 6.54 Å². The van der Waals surface area contributed by atoms with E-state index in [2.05, 4.69) is 20.6 Å². The van der Waals surface area contributed by atoms with E-state index in [0.29, 0.717) is 18.2 Å². The molecule has 2 aromatic heterocycles. The third-order valence-corrected chi connectivity index (χ3v) is 5.85. The molecule has 8 heteroatoms. The van der Waals surface area contributed by atoms with Crippen molar-refractivity contribution in [3.63, 3.8) is 0 Å². The first-order chi connectivity index (χ1) is 17.3. The lowest BCUT2D eigenvalue weighted by Gasteiger charge is -2.16. The fraction of sp³-hybridized carbons (Fsp3) is 0.143. The van der Waals surface area contributed by atoms with Crippen LogP contribution in [0.2, 0.25) is 0 Å². The number of carbonyl (C=O) groups is 1. The van der Waals surface area contributed by atoms with Gasteiger partial charge in [-0.25, -0.2) is 14.4 Å². The number of benzene rings is 2. The van der Waals surface area contributed by atoms with Crippen molar-refractivity contribution in [1.29, 1.82) is 5.26 Å². The van der Waals surface area contributed by atoms with Gasteiger partial charge in [0.15, 0.2) is 0 Å². The number of pyridine rings is 2. The number of nitriles is 1. The molecule has 0 fully saturated rings. The topological polar surface area (TPSA) is 117 Å². The van der Waals surface area contributed by atoms with E-state index in [4.69, 9.17) is 5.73 Å². The Morgan fingerprint density at radius 1 is 1.06 bits per heavy atom. The Morgan fingerprint density at radius 3 is 2.44 bits per heavy atom. The Balaban J connectivity index is 1.48. The third-order valence-electron chi connectivity index (χ3n) is 5.85. The van der Waals surface area contributed by atoms with E-state index in [1.807, 2.05) is 43.3 Å². The van der Waals surface area contributed by atoms with Crippen molar-refractivity contribution >= 4 is 17.5 Å². The van der Waals surface area contributed by atoms with E-state index in [1.165, 1.54) is 24.4 Å². The molecule has 0 saturated carbocycles. The van der Waals surface area contributed by atoms with Crippen LogP contribution in [0.5, 0.6) is 0 Å². The molecule has 0 bridgehead atoms. The number of nitrogen functional groups attached to an aromatic ring is 1. The molecule has 1 amide bonds. The summed E-state index contributed by atoms with van der Waals surface area (Å²) in [6.07, 6.45) is 3.16. The Bertz CT molecular complexity index is 1430. The van der Waals surface area contributed by atoms with Crippen molar-refractivity contribution in [2.24, 2.45) is 0 Å². The maximum atomic E-state index is 13.2. The highest BCUT2D eigenvalue weighted by Crippen LogP contribution is 2.23. The lowest BCUT2D eigenvalue weighted by atomic mass is 10.0. The highest BCUT2D eigenvalue weighted by molar-refractivity contribution is 5.99. The zero-order chi connectivity index (χ0) is 25.7. The molecule has 7 nitrogen and oxygen atoms in total. The van der Waals surface area contributed by atoms with Gasteiger partial charge in [-0.3, -0.25) is 4.79 Å². The fourth-order valence-electron chi connectivity index (χ4n) is 3.69. The SMILES string of the molecule is Cc1cc(-c2ccc(CNc3ncc(C#N)cc3C(=O)NC(C)c3ccc(F)cc3)cc2)cnc1N. The molecule has 1 unspecified atom stereocenters. The van der Waals surface area contributed by atoms with Crippen LogP contribution in [0.15, 0.2) is 73.1 Å². The van der Waals surface area contributed by atoms with E-state index in [9.17, 15) is 14.4 Å². The molecule has 0 aliphatic carbocycles. The Morgan fingerprint density at radius 2 is 1.78 bits per heavy atom. The van der Waals surface area contributed by atoms with Gasteiger partial charge in [0.05, 0.1) is 17.2 Å². The summed E-state index contributed by atoms with van der Waals surface area (Å²) in [4.78, 5) is 21.6. The average molecular weight is 481 g/mol. The summed E-state index contributed by atoms with van der Waals surface area (Å²) in [5.41, 5.74) is 11.0. The molecular formula is C28H25FN6O. The van der Waals surface area contributed by atoms with Crippen LogP contribution in [0.25, 0.3) is 11.1 Å². The van der Waals surface area contributed by atoms with Gasteiger partial charge in [-0.05, 0) is 60.4 Å². The molecule has 1 atom stereocenters. The molecule has 0 saturated heterocycles. The second-order valence-corrected chi connectivity index (χ2v) is 8.46. The van der Waals surface area contributed by atoms with Crippen molar-refractivity contribution in [3.8, 4) is 17.2 Å². The summed E-state index contributed by atoms with van der Waals surface area (Å²) in [6, 6.07) is 19.0. The van der Waals surface area contributed by atoms with Crippen molar-refractivity contribution in [1.82, 2.24) is 15.3 Å². The number of hydrogen-bond donors (Lipinski definition) is 3. The second-order valence-electron chi connectivity index (χ2n) is 8.46. The van der Waals surface area contributed by atoms with Crippen LogP contribution in [0.3, 0.4) is 0 Å². The largest absolute Gasteiger partial charge is 0.383 e. The van der Waals surface area contributed by atoms with Gasteiger partial charge in [-0.1, -0.05) is 36.4 Å². The predicted octanol–water partition coefficient (Wildman–Crippen LogP) is 5.15. The Hall–Kier alpha value is -4.77. The highest BCUT2D eigenvalue weighted by atomic mass is 19.1. The van der Waals surface area contributed by atoms with Gasteiger partial charge < -0.3 is 16.4 Å². The lowest BCUT2D eigenvalue weighted by Crippen LogP contribution is -2.28. The van der Waals surface area contributed by atoms with Crippen LogP contribution in [0.4, 0.5) is 16.0 Å². The van der Waals surface area contributed by atoms with E-state index >= 15 is 0 Å². The van der Waals surface area contributed by atoms with Gasteiger partial charge >= 0.3 is 0 Å². The minimum Gasteiger partial charge on any atom is -0.383 e. The Labute approximate surface area is 208 Å². The number of nitrogens with two attached hydrogens (primary N) is 1. The first kappa shape index (κ1) is 24.4. The molecule has 4 N–H and O–H groups in total. The number of nitrogens with one attached hydrogen (secondary N) is 2. The van der Waals surface area contributed by atoms with E-state index in [0.717, 1.165) is 27.8 Å². The predicted molar refractivity (Wildman–Crippen MR) is 137 cm³/mol. The van der Waals surface area contributed by atoms with Crippen LogP contribution in [-0.4, -0.2) is 15.9 Å². The number of nitrogens with zero attached hydrogens (tertiary/aromatic N) is 3. The monoisotopic (exact) mass is 480 g/mol. The number of amides is 1. The highest BCUT2D eigenvalue weighted by Gasteiger charge is 2.17. The number of halogens is 1. The first-order valence-corrected chi connectivity index (χ1v) is 11.4. The molecule has 4 rings (SSSR count). The molecule has 36 heavy (non-hydrogen) atoms. The number of aromatic nitrogens is 2. The number of hydrogen-bond acceptors (Lipinski definition) is 6. The van der Waals surface area contributed by atoms with Crippen molar-refractivity contribution in [3.05, 3.63) is 107 Å². The lowest BCUT2D eigenvalue weighted by molar-refractivity contribution is 0.0940. The number of rotatable bonds is 7. The molecule has 0 aliphatic rings. The minimum absolute atomic E-state index is 0.253. The van der Waals surface area contributed by atoms with E-state index in [-0.39, 0.29) is 28.9 Å². The number of carbonyl (C=O) groups excluding carboxylic acids is 1. The number of aryl methyl sites for hydroxylation is 1. The van der Waals surface area contributed by atoms with Gasteiger partial charge in [0, 0.05) is 24.5 Å². The zero-order valence-electron chi connectivity index (χ0n) is 19.9. The first-order valence-electron chi connectivity index (χ1n) is 11.4. The van der Waals surface area contributed by atoms with Crippen LogP contribution >= 0.6 is 0 Å². The van der Waals surface area contributed by atoms with Crippen LogP contribution in [0, 0.1) is 24.1 Å². The molecule has 2 aromatic carbocycles. The average Bonchev–Trinajstić information content (AvgIpc) is 2.89. The Kier molecular flexibility index (Phi) is 7.21. The van der Waals surface area contributed by atoms with Gasteiger partial charge in [0.25, 0.3) is 5.91 Å². The zero-order valence-corrected chi connectivity index (χ0v) is 19.9. The van der Waals surface area contributed by atoms with Crippen molar-refractivity contribution < 1.29 is 9.18 Å². The second kappa shape index (κ2) is 10.7. The fourth-order valence-corrected chi connectivity index (χ4v) is 3.69. The van der Waals surface area contributed by atoms with Gasteiger partial charge in [-0.15, -0.1) is 0 Å². The molecule has 0 aliphatic heterocycles. The standard InChI is InChI=1S/C28H25FN6O/c1-17-11-23(16-32-26(17)31)22-5-3-19(4-6-22)14-33-27-25(12-20(13-30)15-34-27)28(36)35-18(2)21-7-9-24(29)10-8-21/h3-12,15-16,18H,14H2,1-2H3,(H2,31,32)(H,33,34)(H,35,36). The van der Waals surface area contributed by atoms with Crippen molar-refractivity contribution in [2.45, 2.75) is 26.4 Å². The molecule has 0 spiro atoms. The quantitative estimate of drug-likeness (QED) is 0.337. The summed E-state index contributed by atoms with van der Waals surface area (Å²) < 4.78 is 13.2. The van der Waals surface area contributed by atoms with Crippen LogP contribution < -0.4 is 16.4 Å². The molecule has 4 aromatic rings. The van der Waals surface area contributed by atoms with Crippen molar-refractivity contribution in [2.75, 3.05) is 11.1 Å². The third kappa shape index (κ3) is 5.65. The molecule has 2 heterocycles. The van der Waals surface area contributed by atoms with Gasteiger partial charge in [-0.2, -0.15) is 5.26 Å². The summed E-state index contributed by atoms with van der Waals surface area (Å²) in [5.74, 6) is 0.144. The summed E-state index contributed by atoms with van der Waals surface area (Å²) in [5, 5.41) is 15.4. The van der Waals surface area contributed by atoms with Crippen LogP contribution in [0.1, 0.15) is 45.6 Å².